The van der Waals surface area contributed by atoms with Crippen LogP contribution in [0.15, 0.2) is 0 Å². The van der Waals surface area contributed by atoms with Crippen molar-refractivity contribution < 1.29 is 19.1 Å². The highest BCUT2D eigenvalue weighted by Gasteiger charge is 2.40. The molecule has 3 atom stereocenters. The van der Waals surface area contributed by atoms with E-state index >= 15 is 0 Å². The number of aromatic amines is 1. The van der Waals surface area contributed by atoms with Crippen LogP contribution in [0.1, 0.15) is 71.1 Å². The number of aryl methyl sites for hydroxylation is 1. The molecule has 0 saturated heterocycles. The lowest BCUT2D eigenvalue weighted by Gasteiger charge is -2.20. The molecule has 0 unspecified atom stereocenters. The molecule has 1 aromatic rings. The van der Waals surface area contributed by atoms with Gasteiger partial charge >= 0.3 is 5.97 Å². The number of carbonyl (C=O) groups is 3. The molecule has 1 N–H and O–H groups in total. The minimum absolute atomic E-state index is 0.0754. The van der Waals surface area contributed by atoms with Gasteiger partial charge in [0.2, 0.25) is 5.78 Å². The van der Waals surface area contributed by atoms with Crippen LogP contribution in [0.25, 0.3) is 0 Å². The fraction of sp³-hybridized carbons (Fsp3) is 0.632. The first-order chi connectivity index (χ1) is 11.4. The molecule has 3 rings (SSSR count). The summed E-state index contributed by atoms with van der Waals surface area (Å²) in [7, 11) is 0. The van der Waals surface area contributed by atoms with Crippen molar-refractivity contribution in [2.24, 2.45) is 17.8 Å². The van der Waals surface area contributed by atoms with Crippen LogP contribution in [0.5, 0.6) is 0 Å². The maximum Gasteiger partial charge on any atom is 0.306 e. The van der Waals surface area contributed by atoms with E-state index in [1.807, 2.05) is 0 Å². The molecule has 1 heterocycles. The zero-order valence-electron chi connectivity index (χ0n) is 14.6. The molecule has 0 spiro atoms. The average molecular weight is 331 g/mol. The largest absolute Gasteiger partial charge is 0.457 e. The Morgan fingerprint density at radius 3 is 2.46 bits per heavy atom. The van der Waals surface area contributed by atoms with Crippen molar-refractivity contribution in [3.05, 3.63) is 22.5 Å². The van der Waals surface area contributed by atoms with Gasteiger partial charge in [0.05, 0.1) is 5.69 Å². The summed E-state index contributed by atoms with van der Waals surface area (Å²) in [6.07, 6.45) is 5.35. The highest BCUT2D eigenvalue weighted by atomic mass is 16.5. The van der Waals surface area contributed by atoms with Crippen molar-refractivity contribution in [2.45, 2.75) is 52.9 Å². The van der Waals surface area contributed by atoms with Gasteiger partial charge in [0, 0.05) is 17.7 Å². The maximum atomic E-state index is 12.3. The van der Waals surface area contributed by atoms with Crippen molar-refractivity contribution in [1.29, 1.82) is 0 Å². The van der Waals surface area contributed by atoms with E-state index in [0.29, 0.717) is 40.8 Å². The molecule has 2 aliphatic carbocycles. The van der Waals surface area contributed by atoms with Crippen LogP contribution in [0.4, 0.5) is 0 Å². The van der Waals surface area contributed by atoms with Crippen molar-refractivity contribution >= 4 is 17.5 Å². The second kappa shape index (κ2) is 6.54. The molecule has 1 aromatic heterocycles. The van der Waals surface area contributed by atoms with Gasteiger partial charge in [-0.25, -0.2) is 0 Å². The van der Waals surface area contributed by atoms with Crippen LogP contribution in [0, 0.1) is 31.6 Å². The van der Waals surface area contributed by atoms with E-state index in [1.54, 1.807) is 13.8 Å². The SMILES string of the molecule is CC(=O)c1c(C)[nH]c(C(=O)COC(=O)C[C@H]2C[C@H]3CC[C@@H]2C3)c1C. The van der Waals surface area contributed by atoms with E-state index < -0.39 is 0 Å². The number of fused-ring (bicyclic) bond motifs is 2. The summed E-state index contributed by atoms with van der Waals surface area (Å²) in [6, 6.07) is 0. The van der Waals surface area contributed by atoms with E-state index in [-0.39, 0.29) is 24.1 Å². The van der Waals surface area contributed by atoms with Crippen LogP contribution in [-0.2, 0) is 9.53 Å². The van der Waals surface area contributed by atoms with Crippen LogP contribution < -0.4 is 0 Å². The van der Waals surface area contributed by atoms with Gasteiger partial charge in [-0.3, -0.25) is 14.4 Å². The smallest absolute Gasteiger partial charge is 0.306 e. The van der Waals surface area contributed by atoms with Gasteiger partial charge in [-0.05, 0) is 63.4 Å². The Bertz CT molecular complexity index is 688. The second-order valence-electron chi connectivity index (χ2n) is 7.40. The molecule has 2 aliphatic rings. The summed E-state index contributed by atoms with van der Waals surface area (Å²) in [5, 5.41) is 0. The highest BCUT2D eigenvalue weighted by molar-refractivity contribution is 6.04. The Morgan fingerprint density at radius 2 is 1.92 bits per heavy atom. The third-order valence-electron chi connectivity index (χ3n) is 5.75. The van der Waals surface area contributed by atoms with Crippen molar-refractivity contribution in [1.82, 2.24) is 4.98 Å². The summed E-state index contributed by atoms with van der Waals surface area (Å²) in [6.45, 7) is 4.72. The number of esters is 1. The molecular formula is C19H25NO4. The molecule has 2 fully saturated rings. The molecule has 2 saturated carbocycles. The van der Waals surface area contributed by atoms with E-state index in [0.717, 1.165) is 12.3 Å². The first-order valence-corrected chi connectivity index (χ1v) is 8.75. The Balaban J connectivity index is 1.55. The molecule has 5 nitrogen and oxygen atoms in total. The highest BCUT2D eigenvalue weighted by Crippen LogP contribution is 2.49. The standard InChI is InChI=1S/C19H25NO4/c1-10-18(12(3)21)11(2)20-19(10)16(22)9-24-17(23)8-15-7-13-4-5-14(15)6-13/h13-15,20H,4-9H2,1-3H3/t13-,14+,15+/m0/s1. The van der Waals surface area contributed by atoms with Gasteiger partial charge in [0.25, 0.3) is 0 Å². The molecule has 0 aromatic carbocycles. The fourth-order valence-corrected chi connectivity index (χ4v) is 4.67. The van der Waals surface area contributed by atoms with Crippen molar-refractivity contribution in [3.63, 3.8) is 0 Å². The molecule has 24 heavy (non-hydrogen) atoms. The first-order valence-electron chi connectivity index (χ1n) is 8.75. The summed E-state index contributed by atoms with van der Waals surface area (Å²) in [5.74, 6) is 1.25. The van der Waals surface area contributed by atoms with Crippen LogP contribution in [0.3, 0.4) is 0 Å². The number of nitrogens with one attached hydrogen (secondary N) is 1. The average Bonchev–Trinajstić information content (AvgIpc) is 3.19. The maximum absolute atomic E-state index is 12.3. The molecule has 0 aliphatic heterocycles. The fourth-order valence-electron chi connectivity index (χ4n) is 4.67. The Labute approximate surface area is 142 Å². The number of hydrogen-bond donors (Lipinski definition) is 1. The zero-order chi connectivity index (χ0) is 17.4. The van der Waals surface area contributed by atoms with E-state index in [2.05, 4.69) is 4.98 Å². The summed E-state index contributed by atoms with van der Waals surface area (Å²) >= 11 is 0. The van der Waals surface area contributed by atoms with Gasteiger partial charge in [0.15, 0.2) is 12.4 Å². The molecule has 0 radical (unpaired) electrons. The minimum atomic E-state index is -0.288. The van der Waals surface area contributed by atoms with E-state index in [9.17, 15) is 14.4 Å². The number of carbonyl (C=O) groups excluding carboxylic acids is 3. The number of H-pyrrole nitrogens is 1. The lowest BCUT2D eigenvalue weighted by molar-refractivity contribution is -0.144. The number of hydrogen-bond acceptors (Lipinski definition) is 4. The molecule has 5 heteroatoms. The normalized spacial score (nSPS) is 25.0. The van der Waals surface area contributed by atoms with Crippen molar-refractivity contribution in [2.75, 3.05) is 6.61 Å². The van der Waals surface area contributed by atoms with Crippen LogP contribution in [-0.4, -0.2) is 29.1 Å². The molecule has 0 amide bonds. The van der Waals surface area contributed by atoms with E-state index in [4.69, 9.17) is 4.74 Å². The van der Waals surface area contributed by atoms with Crippen LogP contribution >= 0.6 is 0 Å². The van der Waals surface area contributed by atoms with Crippen LogP contribution in [0.2, 0.25) is 0 Å². The van der Waals surface area contributed by atoms with E-state index in [1.165, 1.54) is 26.2 Å². The number of aromatic nitrogens is 1. The second-order valence-corrected chi connectivity index (χ2v) is 7.40. The monoisotopic (exact) mass is 331 g/mol. The van der Waals surface area contributed by atoms with Crippen molar-refractivity contribution in [3.8, 4) is 0 Å². The Hall–Kier alpha value is -1.91. The summed E-state index contributed by atoms with van der Waals surface area (Å²) in [4.78, 5) is 38.9. The quantitative estimate of drug-likeness (QED) is 0.640. The molecule has 130 valence electrons. The summed E-state index contributed by atoms with van der Waals surface area (Å²) < 4.78 is 5.20. The predicted molar refractivity (Wildman–Crippen MR) is 89.1 cm³/mol. The third-order valence-corrected chi connectivity index (χ3v) is 5.75. The third kappa shape index (κ3) is 3.17. The van der Waals surface area contributed by atoms with Gasteiger partial charge in [0.1, 0.15) is 0 Å². The lowest BCUT2D eigenvalue weighted by Crippen LogP contribution is -2.20. The predicted octanol–water partition coefficient (Wildman–Crippen LogP) is 3.39. The minimum Gasteiger partial charge on any atom is -0.457 e. The van der Waals surface area contributed by atoms with Gasteiger partial charge in [-0.2, -0.15) is 0 Å². The number of Topliss-reactive ketones (excluding diaryl/α,β-unsaturated/α-hetero) is 2. The van der Waals surface area contributed by atoms with Gasteiger partial charge < -0.3 is 9.72 Å². The summed E-state index contributed by atoms with van der Waals surface area (Å²) in [5.41, 5.74) is 2.22. The lowest BCUT2D eigenvalue weighted by atomic mass is 9.86. The number of rotatable bonds is 6. The zero-order valence-corrected chi connectivity index (χ0v) is 14.6. The van der Waals surface area contributed by atoms with Gasteiger partial charge in [-0.15, -0.1) is 0 Å². The first kappa shape index (κ1) is 16.9. The Kier molecular flexibility index (Phi) is 4.61. The number of ether oxygens (including phenoxy) is 1. The topological polar surface area (TPSA) is 76.2 Å². The van der Waals surface area contributed by atoms with Gasteiger partial charge in [-0.1, -0.05) is 6.42 Å². The molecular weight excluding hydrogens is 306 g/mol. The molecule has 2 bridgehead atoms. The number of ketones is 2. The Morgan fingerprint density at radius 1 is 1.17 bits per heavy atom.